The van der Waals surface area contributed by atoms with Crippen molar-refractivity contribution in [3.63, 3.8) is 0 Å². The molecule has 0 aromatic carbocycles. The van der Waals surface area contributed by atoms with Crippen LogP contribution in [0.2, 0.25) is 0 Å². The molecule has 1 aromatic heterocycles. The fourth-order valence-corrected chi connectivity index (χ4v) is 2.11. The molecule has 1 aliphatic rings. The summed E-state index contributed by atoms with van der Waals surface area (Å²) in [5.74, 6) is 0.0994. The second kappa shape index (κ2) is 6.60. The Bertz CT molecular complexity index is 466. The van der Waals surface area contributed by atoms with Crippen molar-refractivity contribution < 1.29 is 29.9 Å². The summed E-state index contributed by atoms with van der Waals surface area (Å²) < 4.78 is 10.5. The molecule has 0 unspecified atom stereocenters. The maximum Gasteiger partial charge on any atom is 0.220 e. The first-order chi connectivity index (χ1) is 9.92. The van der Waals surface area contributed by atoms with Crippen molar-refractivity contribution in [3.8, 4) is 0 Å². The van der Waals surface area contributed by atoms with Crippen LogP contribution in [-0.4, -0.2) is 67.7 Å². The Balaban J connectivity index is 2.01. The number of nitrogens with zero attached hydrogens (tertiary/aromatic N) is 2. The van der Waals surface area contributed by atoms with E-state index in [-0.39, 0.29) is 12.6 Å². The Hall–Kier alpha value is -1.36. The molecule has 0 bridgehead atoms. The molecule has 1 aliphatic heterocycles. The summed E-state index contributed by atoms with van der Waals surface area (Å²) in [5.41, 5.74) is 6.66. The zero-order valence-electron chi connectivity index (χ0n) is 11.5. The largest absolute Gasteiger partial charge is 0.394 e. The monoisotopic (exact) mass is 301 g/mol. The van der Waals surface area contributed by atoms with Gasteiger partial charge in [0.1, 0.15) is 24.4 Å². The van der Waals surface area contributed by atoms with Gasteiger partial charge in [0.25, 0.3) is 0 Å². The van der Waals surface area contributed by atoms with Crippen LogP contribution in [0.25, 0.3) is 0 Å². The summed E-state index contributed by atoms with van der Waals surface area (Å²) in [6.07, 6.45) is -6.54. The number of aryl methyl sites for hydroxylation is 1. The van der Waals surface area contributed by atoms with E-state index in [2.05, 4.69) is 9.97 Å². The Labute approximate surface area is 121 Å². The van der Waals surface area contributed by atoms with Crippen LogP contribution in [0.15, 0.2) is 6.07 Å². The Morgan fingerprint density at radius 3 is 2.57 bits per heavy atom. The number of aromatic nitrogens is 2. The number of aliphatic hydroxyl groups is 4. The SMILES string of the molecule is Cc1cc(CO[C@@H]2O[C@H](CO)[C@@H](O)[C@H](O)[C@H]2O)nc(N)n1. The standard InChI is InChI=1S/C12H19N3O6/c1-5-2-6(15-12(13)14-5)4-20-11-10(19)9(18)8(17)7(3-16)21-11/h2,7-11,16-19H,3-4H2,1H3,(H2,13,14,15)/t7-,8-,9+,10-,11-/m1/s1. The van der Waals surface area contributed by atoms with E-state index in [1.807, 2.05) is 0 Å². The minimum absolute atomic E-state index is 0.0315. The number of hydrogen-bond acceptors (Lipinski definition) is 9. The normalized spacial score (nSPS) is 33.1. The number of nitrogens with two attached hydrogens (primary N) is 1. The first-order valence-electron chi connectivity index (χ1n) is 6.44. The van der Waals surface area contributed by atoms with E-state index in [1.54, 1.807) is 13.0 Å². The van der Waals surface area contributed by atoms with Crippen molar-refractivity contribution >= 4 is 5.95 Å². The van der Waals surface area contributed by atoms with Crippen LogP contribution in [0.3, 0.4) is 0 Å². The van der Waals surface area contributed by atoms with Crippen molar-refractivity contribution in [2.75, 3.05) is 12.3 Å². The molecule has 1 aromatic rings. The number of rotatable bonds is 4. The molecular formula is C12H19N3O6. The lowest BCUT2D eigenvalue weighted by atomic mass is 9.99. The lowest BCUT2D eigenvalue weighted by molar-refractivity contribution is -0.304. The van der Waals surface area contributed by atoms with Crippen LogP contribution in [0.5, 0.6) is 0 Å². The number of hydrogen-bond donors (Lipinski definition) is 5. The molecule has 9 nitrogen and oxygen atoms in total. The molecule has 1 saturated heterocycles. The topological polar surface area (TPSA) is 151 Å². The van der Waals surface area contributed by atoms with Crippen LogP contribution in [0, 0.1) is 6.92 Å². The first kappa shape index (κ1) is 16.0. The molecule has 9 heteroatoms. The predicted molar refractivity (Wildman–Crippen MR) is 69.7 cm³/mol. The van der Waals surface area contributed by atoms with Crippen molar-refractivity contribution in [2.24, 2.45) is 0 Å². The van der Waals surface area contributed by atoms with E-state index >= 15 is 0 Å². The van der Waals surface area contributed by atoms with E-state index in [4.69, 9.17) is 20.3 Å². The third-order valence-electron chi connectivity index (χ3n) is 3.17. The maximum atomic E-state index is 9.81. The molecule has 5 atom stereocenters. The summed E-state index contributed by atoms with van der Waals surface area (Å²) >= 11 is 0. The van der Waals surface area contributed by atoms with Crippen LogP contribution >= 0.6 is 0 Å². The second-order valence-corrected chi connectivity index (χ2v) is 4.87. The van der Waals surface area contributed by atoms with Crippen LogP contribution in [0.4, 0.5) is 5.95 Å². The van der Waals surface area contributed by atoms with Crippen molar-refractivity contribution in [2.45, 2.75) is 44.2 Å². The molecule has 0 saturated carbocycles. The van der Waals surface area contributed by atoms with Crippen LogP contribution < -0.4 is 5.73 Å². The summed E-state index contributed by atoms with van der Waals surface area (Å²) in [6, 6.07) is 1.65. The highest BCUT2D eigenvalue weighted by Gasteiger charge is 2.44. The Morgan fingerprint density at radius 2 is 1.95 bits per heavy atom. The van der Waals surface area contributed by atoms with Gasteiger partial charge in [-0.2, -0.15) is 0 Å². The van der Waals surface area contributed by atoms with Gasteiger partial charge < -0.3 is 35.6 Å². The summed E-state index contributed by atoms with van der Waals surface area (Å²) in [6.45, 7) is 1.20. The van der Waals surface area contributed by atoms with Gasteiger partial charge >= 0.3 is 0 Å². The minimum atomic E-state index is -1.47. The number of aliphatic hydroxyl groups excluding tert-OH is 4. The molecule has 2 heterocycles. The van der Waals surface area contributed by atoms with Gasteiger partial charge in [0.2, 0.25) is 5.95 Å². The predicted octanol–water partition coefficient (Wildman–Crippen LogP) is -2.32. The molecule has 6 N–H and O–H groups in total. The summed E-state index contributed by atoms with van der Waals surface area (Å²) in [5, 5.41) is 38.2. The second-order valence-electron chi connectivity index (χ2n) is 4.87. The third kappa shape index (κ3) is 3.64. The molecule has 0 aliphatic carbocycles. The highest BCUT2D eigenvalue weighted by Crippen LogP contribution is 2.22. The van der Waals surface area contributed by atoms with E-state index in [0.29, 0.717) is 11.4 Å². The quantitative estimate of drug-likeness (QED) is 0.413. The molecule has 0 radical (unpaired) electrons. The highest BCUT2D eigenvalue weighted by molar-refractivity contribution is 5.21. The van der Waals surface area contributed by atoms with E-state index in [0.717, 1.165) is 0 Å². The zero-order chi connectivity index (χ0) is 15.6. The van der Waals surface area contributed by atoms with Crippen LogP contribution in [0.1, 0.15) is 11.4 Å². The minimum Gasteiger partial charge on any atom is -0.394 e. The van der Waals surface area contributed by atoms with Gasteiger partial charge in [-0.15, -0.1) is 0 Å². The molecule has 118 valence electrons. The molecule has 0 spiro atoms. The number of anilines is 1. The summed E-state index contributed by atoms with van der Waals surface area (Å²) in [4.78, 5) is 7.88. The van der Waals surface area contributed by atoms with Gasteiger partial charge in [-0.05, 0) is 13.0 Å². The van der Waals surface area contributed by atoms with E-state index in [1.165, 1.54) is 0 Å². The smallest absolute Gasteiger partial charge is 0.220 e. The summed E-state index contributed by atoms with van der Waals surface area (Å²) in [7, 11) is 0. The number of nitrogen functional groups attached to an aromatic ring is 1. The lowest BCUT2D eigenvalue weighted by Gasteiger charge is -2.39. The van der Waals surface area contributed by atoms with E-state index < -0.39 is 37.3 Å². The lowest BCUT2D eigenvalue weighted by Crippen LogP contribution is -2.59. The van der Waals surface area contributed by atoms with Crippen LogP contribution in [-0.2, 0) is 16.1 Å². The molecule has 2 rings (SSSR count). The molecule has 1 fully saturated rings. The van der Waals surface area contributed by atoms with Crippen molar-refractivity contribution in [3.05, 3.63) is 17.5 Å². The third-order valence-corrected chi connectivity index (χ3v) is 3.17. The van der Waals surface area contributed by atoms with Gasteiger partial charge in [-0.25, -0.2) is 9.97 Å². The van der Waals surface area contributed by atoms with E-state index in [9.17, 15) is 15.3 Å². The average Bonchev–Trinajstić information content (AvgIpc) is 2.43. The molecular weight excluding hydrogens is 282 g/mol. The molecule has 0 amide bonds. The van der Waals surface area contributed by atoms with Gasteiger partial charge in [0.05, 0.1) is 18.9 Å². The fourth-order valence-electron chi connectivity index (χ4n) is 2.11. The van der Waals surface area contributed by atoms with Crippen molar-refractivity contribution in [1.82, 2.24) is 9.97 Å². The first-order valence-corrected chi connectivity index (χ1v) is 6.44. The van der Waals surface area contributed by atoms with Gasteiger partial charge in [0.15, 0.2) is 6.29 Å². The maximum absolute atomic E-state index is 9.81. The average molecular weight is 301 g/mol. The van der Waals surface area contributed by atoms with Crippen molar-refractivity contribution in [1.29, 1.82) is 0 Å². The van der Waals surface area contributed by atoms with Gasteiger partial charge in [0, 0.05) is 5.69 Å². The Morgan fingerprint density at radius 1 is 1.24 bits per heavy atom. The highest BCUT2D eigenvalue weighted by atomic mass is 16.7. The Kier molecular flexibility index (Phi) is 5.04. The molecule has 21 heavy (non-hydrogen) atoms. The fraction of sp³-hybridized carbons (Fsp3) is 0.667. The van der Waals surface area contributed by atoms with Gasteiger partial charge in [-0.1, -0.05) is 0 Å². The number of ether oxygens (including phenoxy) is 2. The van der Waals surface area contributed by atoms with Gasteiger partial charge in [-0.3, -0.25) is 0 Å². The zero-order valence-corrected chi connectivity index (χ0v) is 11.5.